The minimum absolute atomic E-state index is 0.787. The van der Waals surface area contributed by atoms with E-state index in [1.54, 1.807) is 0 Å². The molecule has 0 atom stereocenters. The zero-order chi connectivity index (χ0) is 16.2. The third-order valence-electron chi connectivity index (χ3n) is 4.29. The lowest BCUT2D eigenvalue weighted by molar-refractivity contribution is 0.308. The van der Waals surface area contributed by atoms with Crippen LogP contribution in [0, 0.1) is 0 Å². The molecule has 1 aliphatic heterocycles. The van der Waals surface area contributed by atoms with Crippen LogP contribution in [0.25, 0.3) is 0 Å². The first-order valence-electron chi connectivity index (χ1n) is 9.29. The van der Waals surface area contributed by atoms with E-state index in [2.05, 4.69) is 46.7 Å². The summed E-state index contributed by atoms with van der Waals surface area (Å²) in [5.74, 6) is 0.979. The van der Waals surface area contributed by atoms with Crippen molar-refractivity contribution < 1.29 is 4.74 Å². The molecule has 0 bridgehead atoms. The largest absolute Gasteiger partial charge is 0.494 e. The molecule has 2 rings (SSSR count). The molecule has 0 amide bonds. The fourth-order valence-electron chi connectivity index (χ4n) is 2.87. The number of hydrogen-bond donors (Lipinski definition) is 2. The highest BCUT2D eigenvalue weighted by Crippen LogP contribution is 2.19. The molecule has 0 spiro atoms. The fourth-order valence-corrected chi connectivity index (χ4v) is 2.87. The Bertz CT molecular complexity index is 402. The molecule has 23 heavy (non-hydrogen) atoms. The third-order valence-corrected chi connectivity index (χ3v) is 4.29. The molecular weight excluding hydrogens is 286 g/mol. The van der Waals surface area contributed by atoms with E-state index in [-0.39, 0.29) is 0 Å². The Morgan fingerprint density at radius 3 is 2.48 bits per heavy atom. The van der Waals surface area contributed by atoms with E-state index in [0.29, 0.717) is 0 Å². The molecule has 0 aliphatic carbocycles. The Hall–Kier alpha value is -1.26. The van der Waals surface area contributed by atoms with Crippen LogP contribution in [0.5, 0.6) is 5.75 Å². The van der Waals surface area contributed by atoms with Gasteiger partial charge in [0.2, 0.25) is 0 Å². The summed E-state index contributed by atoms with van der Waals surface area (Å²) in [6.07, 6.45) is 6.37. The molecule has 0 aromatic heterocycles. The number of anilines is 1. The van der Waals surface area contributed by atoms with Gasteiger partial charge in [-0.15, -0.1) is 0 Å². The fraction of sp³-hybridized carbons (Fsp3) is 0.684. The minimum atomic E-state index is 0.787. The first-order chi connectivity index (χ1) is 11.4. The molecule has 0 unspecified atom stereocenters. The van der Waals surface area contributed by atoms with Crippen LogP contribution in [0.15, 0.2) is 24.3 Å². The van der Waals surface area contributed by atoms with Gasteiger partial charge in [-0.3, -0.25) is 0 Å². The van der Waals surface area contributed by atoms with Gasteiger partial charge >= 0.3 is 0 Å². The van der Waals surface area contributed by atoms with Gasteiger partial charge < -0.3 is 20.3 Å². The normalized spacial score (nSPS) is 14.9. The maximum atomic E-state index is 5.82. The predicted octanol–water partition coefficient (Wildman–Crippen LogP) is 3.04. The topological polar surface area (TPSA) is 36.5 Å². The molecule has 130 valence electrons. The summed E-state index contributed by atoms with van der Waals surface area (Å²) in [6, 6.07) is 8.53. The van der Waals surface area contributed by atoms with Gasteiger partial charge in [0.05, 0.1) is 6.61 Å². The number of hydrogen-bond acceptors (Lipinski definition) is 4. The van der Waals surface area contributed by atoms with Gasteiger partial charge in [-0.2, -0.15) is 0 Å². The Kier molecular flexibility index (Phi) is 8.89. The Morgan fingerprint density at radius 1 is 1.00 bits per heavy atom. The van der Waals surface area contributed by atoms with Crippen LogP contribution in [-0.4, -0.2) is 45.9 Å². The molecule has 1 fully saturated rings. The number of nitrogens with one attached hydrogen (secondary N) is 2. The summed E-state index contributed by atoms with van der Waals surface area (Å²) < 4.78 is 5.82. The van der Waals surface area contributed by atoms with Crippen LogP contribution in [-0.2, 0) is 0 Å². The Morgan fingerprint density at radius 2 is 1.74 bits per heavy atom. The number of ether oxygens (including phenoxy) is 1. The average Bonchev–Trinajstić information content (AvgIpc) is 2.62. The number of piperazine rings is 1. The number of rotatable bonds is 11. The van der Waals surface area contributed by atoms with E-state index < -0.39 is 0 Å². The van der Waals surface area contributed by atoms with Gasteiger partial charge in [-0.25, -0.2) is 0 Å². The van der Waals surface area contributed by atoms with Crippen LogP contribution in [0.3, 0.4) is 0 Å². The van der Waals surface area contributed by atoms with Crippen LogP contribution in [0.2, 0.25) is 0 Å². The summed E-state index contributed by atoms with van der Waals surface area (Å²) in [5.41, 5.74) is 1.30. The molecule has 1 aliphatic rings. The first-order valence-corrected chi connectivity index (χ1v) is 9.29. The summed E-state index contributed by atoms with van der Waals surface area (Å²) in [6.45, 7) is 9.54. The van der Waals surface area contributed by atoms with Crippen molar-refractivity contribution in [1.82, 2.24) is 10.6 Å². The molecule has 1 saturated heterocycles. The van der Waals surface area contributed by atoms with Crippen molar-refractivity contribution in [2.75, 3.05) is 50.8 Å². The smallest absolute Gasteiger partial charge is 0.119 e. The van der Waals surface area contributed by atoms with Crippen molar-refractivity contribution in [2.45, 2.75) is 39.0 Å². The zero-order valence-corrected chi connectivity index (χ0v) is 14.7. The number of benzene rings is 1. The van der Waals surface area contributed by atoms with Crippen molar-refractivity contribution >= 4 is 5.69 Å². The lowest BCUT2D eigenvalue weighted by Gasteiger charge is -2.29. The molecule has 1 heterocycles. The summed E-state index contributed by atoms with van der Waals surface area (Å²) in [5, 5.41) is 6.87. The highest BCUT2D eigenvalue weighted by Gasteiger charge is 2.09. The van der Waals surface area contributed by atoms with Gasteiger partial charge in [0, 0.05) is 31.9 Å². The van der Waals surface area contributed by atoms with E-state index in [0.717, 1.165) is 58.0 Å². The van der Waals surface area contributed by atoms with Gasteiger partial charge in [-0.05, 0) is 50.2 Å². The second-order valence-electron chi connectivity index (χ2n) is 6.24. The maximum absolute atomic E-state index is 5.82. The van der Waals surface area contributed by atoms with Gasteiger partial charge in [0.25, 0.3) is 0 Å². The highest BCUT2D eigenvalue weighted by atomic mass is 16.5. The average molecular weight is 319 g/mol. The SMILES string of the molecule is CCCCCCNCCCOc1ccc(N2CCNCC2)cc1. The van der Waals surface area contributed by atoms with Crippen LogP contribution >= 0.6 is 0 Å². The maximum Gasteiger partial charge on any atom is 0.119 e. The number of nitrogens with zero attached hydrogens (tertiary/aromatic N) is 1. The molecule has 1 aromatic carbocycles. The van der Waals surface area contributed by atoms with Crippen molar-refractivity contribution in [3.05, 3.63) is 24.3 Å². The van der Waals surface area contributed by atoms with Crippen molar-refractivity contribution in [3.63, 3.8) is 0 Å². The van der Waals surface area contributed by atoms with Crippen molar-refractivity contribution in [2.24, 2.45) is 0 Å². The van der Waals surface area contributed by atoms with E-state index >= 15 is 0 Å². The molecule has 4 nitrogen and oxygen atoms in total. The summed E-state index contributed by atoms with van der Waals surface area (Å²) in [7, 11) is 0. The van der Waals surface area contributed by atoms with E-state index in [1.807, 2.05) is 0 Å². The van der Waals surface area contributed by atoms with Crippen molar-refractivity contribution in [1.29, 1.82) is 0 Å². The van der Waals surface area contributed by atoms with E-state index in [4.69, 9.17) is 4.74 Å². The van der Waals surface area contributed by atoms with Crippen LogP contribution in [0.4, 0.5) is 5.69 Å². The van der Waals surface area contributed by atoms with Crippen LogP contribution in [0.1, 0.15) is 39.0 Å². The van der Waals surface area contributed by atoms with E-state index in [1.165, 1.54) is 31.4 Å². The van der Waals surface area contributed by atoms with Crippen LogP contribution < -0.4 is 20.3 Å². The molecule has 4 heteroatoms. The van der Waals surface area contributed by atoms with Gasteiger partial charge in [-0.1, -0.05) is 26.2 Å². The first kappa shape index (κ1) is 18.1. The molecular formula is C19H33N3O. The molecule has 1 aromatic rings. The second kappa shape index (κ2) is 11.3. The third kappa shape index (κ3) is 7.23. The lowest BCUT2D eigenvalue weighted by Crippen LogP contribution is -2.43. The second-order valence-corrected chi connectivity index (χ2v) is 6.24. The molecule has 2 N–H and O–H groups in total. The van der Waals surface area contributed by atoms with Crippen molar-refractivity contribution in [3.8, 4) is 5.75 Å². The molecule has 0 saturated carbocycles. The quantitative estimate of drug-likeness (QED) is 0.615. The van der Waals surface area contributed by atoms with Gasteiger partial charge in [0.1, 0.15) is 5.75 Å². The minimum Gasteiger partial charge on any atom is -0.494 e. The molecule has 0 radical (unpaired) electrons. The predicted molar refractivity (Wildman–Crippen MR) is 98.6 cm³/mol. The van der Waals surface area contributed by atoms with Gasteiger partial charge in [0.15, 0.2) is 0 Å². The lowest BCUT2D eigenvalue weighted by atomic mass is 10.2. The Labute approximate surface area is 141 Å². The number of unbranched alkanes of at least 4 members (excludes halogenated alkanes) is 3. The monoisotopic (exact) mass is 319 g/mol. The summed E-state index contributed by atoms with van der Waals surface area (Å²) >= 11 is 0. The zero-order valence-electron chi connectivity index (χ0n) is 14.7. The van der Waals surface area contributed by atoms with E-state index in [9.17, 15) is 0 Å². The standard InChI is InChI=1S/C19H33N3O/c1-2-3-4-5-11-20-12-6-17-23-19-9-7-18(8-10-19)22-15-13-21-14-16-22/h7-10,20-21H,2-6,11-17H2,1H3. The Balaban J connectivity index is 1.54. The summed E-state index contributed by atoms with van der Waals surface area (Å²) in [4.78, 5) is 2.42. The highest BCUT2D eigenvalue weighted by molar-refractivity contribution is 5.49.